The van der Waals surface area contributed by atoms with E-state index in [2.05, 4.69) is 4.72 Å². The number of hydrogen-bond donors (Lipinski definition) is 1. The van der Waals surface area contributed by atoms with E-state index in [0.29, 0.717) is 15.8 Å². The third kappa shape index (κ3) is 7.60. The van der Waals surface area contributed by atoms with Crippen LogP contribution >= 0.6 is 23.2 Å². The van der Waals surface area contributed by atoms with Gasteiger partial charge in [0.25, 0.3) is 0 Å². The van der Waals surface area contributed by atoms with Crippen LogP contribution in [-0.2, 0) is 19.6 Å². The van der Waals surface area contributed by atoms with Crippen LogP contribution < -0.4 is 9.46 Å². The van der Waals surface area contributed by atoms with Crippen LogP contribution in [0.2, 0.25) is 10.0 Å². The molecule has 27 heavy (non-hydrogen) atoms. The maximum Gasteiger partial charge on any atom is 0.321 e. The van der Waals surface area contributed by atoms with Gasteiger partial charge in [0.1, 0.15) is 19.8 Å². The predicted octanol–water partition coefficient (Wildman–Crippen LogP) is 3.51. The van der Waals surface area contributed by atoms with Gasteiger partial charge in [0.15, 0.2) is 5.75 Å². The number of ether oxygens (including phenoxy) is 2. The first kappa shape index (κ1) is 21.2. The van der Waals surface area contributed by atoms with Crippen LogP contribution in [0.4, 0.5) is 0 Å². The molecule has 0 amide bonds. The standard InChI is InChI=1S/C18H17Cl2NO5S/c19-15-7-4-8-16(20)18(15)26-11-10-25-17(22)13-21-27(23,24)12-9-14-5-2-1-3-6-14/h1-9,12,21H,10-11,13H2. The molecule has 6 nitrogen and oxygen atoms in total. The van der Waals surface area contributed by atoms with E-state index in [1.807, 2.05) is 6.07 Å². The number of carbonyl (C=O) groups excluding carboxylic acids is 1. The fourth-order valence-corrected chi connectivity index (χ4v) is 3.17. The molecule has 0 aliphatic carbocycles. The van der Waals surface area contributed by atoms with Crippen LogP contribution in [0, 0.1) is 0 Å². The SMILES string of the molecule is O=C(CNS(=O)(=O)C=Cc1ccccc1)OCCOc1c(Cl)cccc1Cl. The van der Waals surface area contributed by atoms with Crippen LogP contribution in [-0.4, -0.2) is 34.1 Å². The van der Waals surface area contributed by atoms with E-state index >= 15 is 0 Å². The molecule has 2 aromatic rings. The first-order valence-electron chi connectivity index (χ1n) is 7.82. The Balaban J connectivity index is 1.72. The molecule has 0 atom stereocenters. The summed E-state index contributed by atoms with van der Waals surface area (Å²) in [5.41, 5.74) is 0.723. The van der Waals surface area contributed by atoms with Crippen molar-refractivity contribution in [2.24, 2.45) is 0 Å². The zero-order chi connectivity index (χ0) is 19.7. The summed E-state index contributed by atoms with van der Waals surface area (Å²) < 4.78 is 36.1. The molecule has 1 N–H and O–H groups in total. The Labute approximate surface area is 167 Å². The Morgan fingerprint density at radius 1 is 1.00 bits per heavy atom. The summed E-state index contributed by atoms with van der Waals surface area (Å²) >= 11 is 11.9. The number of rotatable bonds is 9. The summed E-state index contributed by atoms with van der Waals surface area (Å²) in [5, 5.41) is 1.66. The van der Waals surface area contributed by atoms with E-state index in [-0.39, 0.29) is 13.2 Å². The number of esters is 1. The third-order valence-corrected chi connectivity index (χ3v) is 4.80. The molecule has 0 aromatic heterocycles. The molecule has 0 unspecified atom stereocenters. The first-order chi connectivity index (χ1) is 12.9. The van der Waals surface area contributed by atoms with Crippen molar-refractivity contribution in [1.29, 1.82) is 0 Å². The van der Waals surface area contributed by atoms with Crippen molar-refractivity contribution >= 4 is 45.3 Å². The minimum Gasteiger partial charge on any atom is -0.487 e. The third-order valence-electron chi connectivity index (χ3n) is 3.17. The van der Waals surface area contributed by atoms with E-state index in [4.69, 9.17) is 32.7 Å². The van der Waals surface area contributed by atoms with Crippen LogP contribution in [0.25, 0.3) is 6.08 Å². The van der Waals surface area contributed by atoms with Gasteiger partial charge in [-0.15, -0.1) is 0 Å². The lowest BCUT2D eigenvalue weighted by Crippen LogP contribution is -2.30. The number of nitrogens with one attached hydrogen (secondary N) is 1. The van der Waals surface area contributed by atoms with Gasteiger partial charge in [-0.3, -0.25) is 4.79 Å². The largest absolute Gasteiger partial charge is 0.487 e. The monoisotopic (exact) mass is 429 g/mol. The minimum absolute atomic E-state index is 0.0237. The van der Waals surface area contributed by atoms with Gasteiger partial charge in [-0.2, -0.15) is 0 Å². The van der Waals surface area contributed by atoms with E-state index in [1.54, 1.807) is 42.5 Å². The van der Waals surface area contributed by atoms with Crippen LogP contribution in [0.5, 0.6) is 5.75 Å². The Morgan fingerprint density at radius 2 is 1.67 bits per heavy atom. The Kier molecular flexibility index (Phi) is 8.12. The summed E-state index contributed by atoms with van der Waals surface area (Å²) in [6.07, 6.45) is 1.43. The normalized spacial score (nSPS) is 11.5. The summed E-state index contributed by atoms with van der Waals surface area (Å²) in [4.78, 5) is 11.6. The lowest BCUT2D eigenvalue weighted by atomic mass is 10.2. The number of sulfonamides is 1. The van der Waals surface area contributed by atoms with Crippen molar-refractivity contribution in [3.05, 3.63) is 69.5 Å². The zero-order valence-electron chi connectivity index (χ0n) is 14.1. The highest BCUT2D eigenvalue weighted by Gasteiger charge is 2.11. The van der Waals surface area contributed by atoms with Crippen LogP contribution in [0.1, 0.15) is 5.56 Å². The van der Waals surface area contributed by atoms with E-state index in [9.17, 15) is 13.2 Å². The second-order valence-corrected chi connectivity index (χ2v) is 7.66. The van der Waals surface area contributed by atoms with Crippen molar-refractivity contribution in [3.63, 3.8) is 0 Å². The Bertz CT molecular complexity index is 881. The van der Waals surface area contributed by atoms with Crippen molar-refractivity contribution in [2.75, 3.05) is 19.8 Å². The molecule has 0 radical (unpaired) electrons. The second kappa shape index (κ2) is 10.3. The van der Waals surface area contributed by atoms with Crippen molar-refractivity contribution < 1.29 is 22.7 Å². The molecule has 0 aliphatic rings. The van der Waals surface area contributed by atoms with Gasteiger partial charge >= 0.3 is 5.97 Å². The molecular formula is C18H17Cl2NO5S. The maximum atomic E-state index is 11.8. The number of halogens is 2. The summed E-state index contributed by atoms with van der Waals surface area (Å²) in [6.45, 7) is -0.549. The molecule has 0 saturated heterocycles. The fourth-order valence-electron chi connectivity index (χ4n) is 1.91. The molecular weight excluding hydrogens is 413 g/mol. The van der Waals surface area contributed by atoms with Gasteiger partial charge in [0.05, 0.1) is 10.0 Å². The lowest BCUT2D eigenvalue weighted by molar-refractivity contribution is -0.142. The number of carbonyl (C=O) groups is 1. The molecule has 0 fully saturated rings. The molecule has 144 valence electrons. The lowest BCUT2D eigenvalue weighted by Gasteiger charge is -2.10. The smallest absolute Gasteiger partial charge is 0.321 e. The topological polar surface area (TPSA) is 81.7 Å². The average molecular weight is 430 g/mol. The van der Waals surface area contributed by atoms with Crippen LogP contribution in [0.3, 0.4) is 0 Å². The van der Waals surface area contributed by atoms with Gasteiger partial charge < -0.3 is 9.47 Å². The highest BCUT2D eigenvalue weighted by Crippen LogP contribution is 2.32. The molecule has 0 aliphatic heterocycles. The average Bonchev–Trinajstić information content (AvgIpc) is 2.65. The van der Waals surface area contributed by atoms with Crippen molar-refractivity contribution in [1.82, 2.24) is 4.72 Å². The van der Waals surface area contributed by atoms with E-state index in [0.717, 1.165) is 11.0 Å². The van der Waals surface area contributed by atoms with E-state index < -0.39 is 22.5 Å². The Hall–Kier alpha value is -2.06. The Morgan fingerprint density at radius 3 is 2.33 bits per heavy atom. The second-order valence-electron chi connectivity index (χ2n) is 5.20. The van der Waals surface area contributed by atoms with Crippen molar-refractivity contribution in [2.45, 2.75) is 0 Å². The van der Waals surface area contributed by atoms with Crippen molar-refractivity contribution in [3.8, 4) is 5.75 Å². The molecule has 0 heterocycles. The molecule has 2 aromatic carbocycles. The summed E-state index contributed by atoms with van der Waals surface area (Å²) in [5.74, 6) is -0.441. The molecule has 9 heteroatoms. The molecule has 0 saturated carbocycles. The summed E-state index contributed by atoms with van der Waals surface area (Å²) in [7, 11) is -3.76. The summed E-state index contributed by atoms with van der Waals surface area (Å²) in [6, 6.07) is 13.8. The van der Waals surface area contributed by atoms with Gasteiger partial charge in [-0.05, 0) is 23.8 Å². The highest BCUT2D eigenvalue weighted by atomic mass is 35.5. The maximum absolute atomic E-state index is 11.8. The van der Waals surface area contributed by atoms with Crippen LogP contribution in [0.15, 0.2) is 53.9 Å². The minimum atomic E-state index is -3.76. The number of hydrogen-bond acceptors (Lipinski definition) is 5. The molecule has 0 bridgehead atoms. The number of benzene rings is 2. The quantitative estimate of drug-likeness (QED) is 0.487. The first-order valence-corrected chi connectivity index (χ1v) is 10.1. The van der Waals surface area contributed by atoms with Gasteiger partial charge in [-0.1, -0.05) is 59.6 Å². The number of para-hydroxylation sites is 1. The van der Waals surface area contributed by atoms with E-state index in [1.165, 1.54) is 6.08 Å². The zero-order valence-corrected chi connectivity index (χ0v) is 16.4. The fraction of sp³-hybridized carbons (Fsp3) is 0.167. The van der Waals surface area contributed by atoms with Gasteiger partial charge in [0, 0.05) is 5.41 Å². The van der Waals surface area contributed by atoms with Gasteiger partial charge in [-0.25, -0.2) is 13.1 Å². The van der Waals surface area contributed by atoms with Gasteiger partial charge in [0.2, 0.25) is 10.0 Å². The molecule has 0 spiro atoms. The highest BCUT2D eigenvalue weighted by molar-refractivity contribution is 7.92. The molecule has 2 rings (SSSR count). The predicted molar refractivity (Wildman–Crippen MR) is 105 cm³/mol.